The summed E-state index contributed by atoms with van der Waals surface area (Å²) in [5, 5.41) is 8.77. The third-order valence-corrected chi connectivity index (χ3v) is 7.96. The van der Waals surface area contributed by atoms with Crippen molar-refractivity contribution < 1.29 is 19.4 Å². The standard InChI is InChI=1S/C41H70O4/c1-3-5-7-9-11-13-14-15-16-17-18-19-20-22-24-30-34-38-41(44)45-39(35-31-27-23-21-12-10-8-6-4-2)36-32-28-25-26-29-33-37-40(42)43/h5,7,11,13,15-16,18-19,31,35,39H,3-4,6,8-10,12,14,17,20-30,32-34,36-38H2,1-2H3,(H,42,43)/b7-5-,13-11-,16-15-,19-18-,35-31-. The van der Waals surface area contributed by atoms with Crippen LogP contribution in [0.4, 0.5) is 0 Å². The molecule has 0 aliphatic carbocycles. The first-order valence-corrected chi connectivity index (χ1v) is 18.8. The molecule has 4 heteroatoms. The van der Waals surface area contributed by atoms with E-state index < -0.39 is 5.97 Å². The van der Waals surface area contributed by atoms with Gasteiger partial charge in [-0.3, -0.25) is 9.59 Å². The Bertz CT molecular complexity index is 804. The van der Waals surface area contributed by atoms with Gasteiger partial charge in [0.25, 0.3) is 0 Å². The molecule has 45 heavy (non-hydrogen) atoms. The smallest absolute Gasteiger partial charge is 0.306 e. The molecule has 1 atom stereocenters. The largest absolute Gasteiger partial charge is 0.481 e. The number of carboxylic acid groups (broad SMARTS) is 1. The van der Waals surface area contributed by atoms with Crippen LogP contribution in [0.5, 0.6) is 0 Å². The lowest BCUT2D eigenvalue weighted by Gasteiger charge is -2.15. The van der Waals surface area contributed by atoms with Gasteiger partial charge >= 0.3 is 11.9 Å². The van der Waals surface area contributed by atoms with E-state index in [1.54, 1.807) is 0 Å². The van der Waals surface area contributed by atoms with E-state index in [-0.39, 0.29) is 18.5 Å². The molecule has 4 nitrogen and oxygen atoms in total. The SMILES string of the molecule is CC/C=C\C/C=C\C/C=C\C/C=C\CCCCCCC(=O)OC(/C=C\CCCCCCCCC)CCCCCCCCC(=O)O. The Kier molecular flexibility index (Phi) is 34.2. The number of aliphatic carboxylic acids is 1. The number of hydrogen-bond donors (Lipinski definition) is 1. The lowest BCUT2D eigenvalue weighted by Crippen LogP contribution is -2.16. The first kappa shape index (κ1) is 42.6. The van der Waals surface area contributed by atoms with Gasteiger partial charge in [-0.15, -0.1) is 0 Å². The van der Waals surface area contributed by atoms with Crippen molar-refractivity contribution in [3.05, 3.63) is 60.8 Å². The van der Waals surface area contributed by atoms with Crippen molar-refractivity contribution in [1.82, 2.24) is 0 Å². The molecule has 0 aliphatic heterocycles. The number of hydrogen-bond acceptors (Lipinski definition) is 3. The molecular weight excluding hydrogens is 556 g/mol. The van der Waals surface area contributed by atoms with Crippen LogP contribution in [-0.2, 0) is 14.3 Å². The van der Waals surface area contributed by atoms with Gasteiger partial charge in [0.05, 0.1) is 0 Å². The summed E-state index contributed by atoms with van der Waals surface area (Å²) in [6.45, 7) is 4.41. The Morgan fingerprint density at radius 2 is 1.00 bits per heavy atom. The lowest BCUT2D eigenvalue weighted by atomic mass is 10.0. The second kappa shape index (κ2) is 36.1. The molecule has 0 aliphatic rings. The molecule has 1 unspecified atom stereocenters. The third kappa shape index (κ3) is 36.0. The summed E-state index contributed by atoms with van der Waals surface area (Å²) in [5.74, 6) is -0.766. The van der Waals surface area contributed by atoms with Crippen molar-refractivity contribution in [1.29, 1.82) is 0 Å². The van der Waals surface area contributed by atoms with Crippen LogP contribution in [0.25, 0.3) is 0 Å². The molecule has 0 saturated heterocycles. The van der Waals surface area contributed by atoms with Gasteiger partial charge in [-0.25, -0.2) is 0 Å². The van der Waals surface area contributed by atoms with E-state index in [0.29, 0.717) is 6.42 Å². The minimum absolute atomic E-state index is 0.0619. The van der Waals surface area contributed by atoms with Crippen LogP contribution in [0, 0.1) is 0 Å². The molecular formula is C41H70O4. The topological polar surface area (TPSA) is 63.6 Å². The van der Waals surface area contributed by atoms with Crippen LogP contribution in [0.3, 0.4) is 0 Å². The highest BCUT2D eigenvalue weighted by Gasteiger charge is 2.11. The van der Waals surface area contributed by atoms with Gasteiger partial charge in [0.2, 0.25) is 0 Å². The van der Waals surface area contributed by atoms with E-state index in [9.17, 15) is 9.59 Å². The number of ether oxygens (including phenoxy) is 1. The molecule has 0 fully saturated rings. The van der Waals surface area contributed by atoms with Crippen LogP contribution in [-0.4, -0.2) is 23.1 Å². The molecule has 258 valence electrons. The molecule has 0 rings (SSSR count). The first-order valence-electron chi connectivity index (χ1n) is 18.8. The minimum atomic E-state index is -0.704. The normalized spacial score (nSPS) is 12.9. The van der Waals surface area contributed by atoms with Crippen molar-refractivity contribution in [3.63, 3.8) is 0 Å². The van der Waals surface area contributed by atoms with E-state index in [1.165, 1.54) is 51.4 Å². The van der Waals surface area contributed by atoms with E-state index >= 15 is 0 Å². The van der Waals surface area contributed by atoms with Crippen LogP contribution >= 0.6 is 0 Å². The van der Waals surface area contributed by atoms with Crippen LogP contribution in [0.15, 0.2) is 60.8 Å². The average Bonchev–Trinajstić information content (AvgIpc) is 3.02. The van der Waals surface area contributed by atoms with Crippen molar-refractivity contribution >= 4 is 11.9 Å². The highest BCUT2D eigenvalue weighted by Crippen LogP contribution is 2.15. The lowest BCUT2D eigenvalue weighted by molar-refractivity contribution is -0.147. The Morgan fingerprint density at radius 3 is 1.58 bits per heavy atom. The summed E-state index contributed by atoms with van der Waals surface area (Å²) in [6.07, 6.45) is 49.6. The number of allylic oxidation sites excluding steroid dienone is 9. The molecule has 0 saturated carbocycles. The maximum Gasteiger partial charge on any atom is 0.306 e. The highest BCUT2D eigenvalue weighted by molar-refractivity contribution is 5.69. The number of carbonyl (C=O) groups is 2. The Hall–Kier alpha value is -2.36. The summed E-state index contributed by atoms with van der Waals surface area (Å²) in [6, 6.07) is 0. The predicted molar refractivity (Wildman–Crippen MR) is 195 cm³/mol. The van der Waals surface area contributed by atoms with Crippen LogP contribution in [0.1, 0.15) is 181 Å². The predicted octanol–water partition coefficient (Wildman–Crippen LogP) is 12.9. The Balaban J connectivity index is 4.15. The third-order valence-electron chi connectivity index (χ3n) is 7.96. The van der Waals surface area contributed by atoms with Gasteiger partial charge in [0.15, 0.2) is 0 Å². The fourth-order valence-corrected chi connectivity index (χ4v) is 5.20. The average molecular weight is 627 g/mol. The molecule has 0 radical (unpaired) electrons. The van der Waals surface area contributed by atoms with Gasteiger partial charge < -0.3 is 9.84 Å². The van der Waals surface area contributed by atoms with Gasteiger partial charge in [-0.2, -0.15) is 0 Å². The van der Waals surface area contributed by atoms with E-state index in [1.807, 2.05) is 0 Å². The van der Waals surface area contributed by atoms with Crippen molar-refractivity contribution in [2.24, 2.45) is 0 Å². The fourth-order valence-electron chi connectivity index (χ4n) is 5.20. The Morgan fingerprint density at radius 1 is 0.533 bits per heavy atom. The highest BCUT2D eigenvalue weighted by atomic mass is 16.5. The fraction of sp³-hybridized carbons (Fsp3) is 0.707. The summed E-state index contributed by atoms with van der Waals surface area (Å²) in [5.41, 5.74) is 0. The molecule has 0 heterocycles. The zero-order chi connectivity index (χ0) is 32.9. The number of carboxylic acids is 1. The number of rotatable bonds is 33. The van der Waals surface area contributed by atoms with Crippen LogP contribution in [0.2, 0.25) is 0 Å². The van der Waals surface area contributed by atoms with Crippen molar-refractivity contribution in [3.8, 4) is 0 Å². The van der Waals surface area contributed by atoms with Gasteiger partial charge in [0, 0.05) is 12.8 Å². The zero-order valence-electron chi connectivity index (χ0n) is 29.4. The molecule has 0 aromatic rings. The van der Waals surface area contributed by atoms with E-state index in [2.05, 4.69) is 74.6 Å². The molecule has 0 aromatic heterocycles. The minimum Gasteiger partial charge on any atom is -0.481 e. The summed E-state index contributed by atoms with van der Waals surface area (Å²) in [7, 11) is 0. The van der Waals surface area contributed by atoms with Crippen molar-refractivity contribution in [2.75, 3.05) is 0 Å². The van der Waals surface area contributed by atoms with E-state index in [0.717, 1.165) is 103 Å². The summed E-state index contributed by atoms with van der Waals surface area (Å²) < 4.78 is 5.91. The molecule has 0 aromatic carbocycles. The number of unbranched alkanes of at least 4 members (excludes halogenated alkanes) is 16. The first-order chi connectivity index (χ1) is 22.1. The Labute approximate surface area is 278 Å². The maximum atomic E-state index is 12.6. The summed E-state index contributed by atoms with van der Waals surface area (Å²) in [4.78, 5) is 23.3. The zero-order valence-corrected chi connectivity index (χ0v) is 29.4. The number of carbonyl (C=O) groups excluding carboxylic acids is 1. The van der Waals surface area contributed by atoms with E-state index in [4.69, 9.17) is 9.84 Å². The van der Waals surface area contributed by atoms with Gasteiger partial charge in [-0.1, -0.05) is 146 Å². The summed E-state index contributed by atoms with van der Waals surface area (Å²) >= 11 is 0. The van der Waals surface area contributed by atoms with Gasteiger partial charge in [-0.05, 0) is 83.1 Å². The maximum absolute atomic E-state index is 12.6. The van der Waals surface area contributed by atoms with Crippen LogP contribution < -0.4 is 0 Å². The quantitative estimate of drug-likeness (QED) is 0.0447. The van der Waals surface area contributed by atoms with Gasteiger partial charge in [0.1, 0.15) is 6.10 Å². The molecule has 0 bridgehead atoms. The molecule has 0 spiro atoms. The second-order valence-corrected chi connectivity index (χ2v) is 12.4. The van der Waals surface area contributed by atoms with Crippen molar-refractivity contribution in [2.45, 2.75) is 187 Å². The monoisotopic (exact) mass is 627 g/mol. The number of esters is 1. The molecule has 1 N–H and O–H groups in total. The molecule has 0 amide bonds. The second-order valence-electron chi connectivity index (χ2n) is 12.4.